The molecule has 2 rings (SSSR count). The Bertz CT molecular complexity index is 538. The highest BCUT2D eigenvalue weighted by Gasteiger charge is 2.13. The van der Waals surface area contributed by atoms with Crippen molar-refractivity contribution in [2.75, 3.05) is 7.11 Å². The fourth-order valence-corrected chi connectivity index (χ4v) is 3.04. The van der Waals surface area contributed by atoms with Crippen LogP contribution in [0.15, 0.2) is 30.3 Å². The first-order valence-electron chi connectivity index (χ1n) is 5.83. The molecule has 2 N–H and O–H groups in total. The third-order valence-electron chi connectivity index (χ3n) is 2.87. The Morgan fingerprint density at radius 1 is 1.33 bits per heavy atom. The molecule has 96 valence electrons. The fourth-order valence-electron chi connectivity index (χ4n) is 1.79. The van der Waals surface area contributed by atoms with Gasteiger partial charge in [0.05, 0.1) is 18.2 Å². The quantitative estimate of drug-likeness (QED) is 0.919. The van der Waals surface area contributed by atoms with E-state index in [4.69, 9.17) is 22.1 Å². The Kier molecular flexibility index (Phi) is 4.27. The minimum atomic E-state index is -0.126. The second-order valence-corrected chi connectivity index (χ2v) is 5.64. The smallest absolute Gasteiger partial charge is 0.137 e. The molecule has 0 saturated carbocycles. The van der Waals surface area contributed by atoms with Gasteiger partial charge in [0.1, 0.15) is 5.75 Å². The first kappa shape index (κ1) is 13.4. The van der Waals surface area contributed by atoms with Crippen LogP contribution in [0.25, 0.3) is 0 Å². The van der Waals surface area contributed by atoms with E-state index in [0.717, 1.165) is 16.9 Å². The van der Waals surface area contributed by atoms with Gasteiger partial charge in [-0.1, -0.05) is 24.6 Å². The van der Waals surface area contributed by atoms with E-state index in [1.807, 2.05) is 18.2 Å². The molecular weight excluding hydrogens is 266 g/mol. The molecular formula is C14H16ClNOS. The number of nitrogens with two attached hydrogens (primary N) is 1. The lowest BCUT2D eigenvalue weighted by Crippen LogP contribution is -2.10. The van der Waals surface area contributed by atoms with Crippen molar-refractivity contribution in [1.82, 2.24) is 0 Å². The van der Waals surface area contributed by atoms with Crippen LogP contribution in [0.1, 0.15) is 28.3 Å². The SMILES string of the molecule is CCc1ccc(C(N)c2ccc(OC)c(Cl)c2)s1. The fraction of sp³-hybridized carbons (Fsp3) is 0.286. The molecule has 0 aliphatic heterocycles. The van der Waals surface area contributed by atoms with Crippen LogP contribution in [0.2, 0.25) is 5.02 Å². The van der Waals surface area contributed by atoms with Crippen molar-refractivity contribution >= 4 is 22.9 Å². The monoisotopic (exact) mass is 281 g/mol. The summed E-state index contributed by atoms with van der Waals surface area (Å²) in [7, 11) is 1.60. The summed E-state index contributed by atoms with van der Waals surface area (Å²) in [5.74, 6) is 0.674. The molecule has 1 unspecified atom stereocenters. The number of hydrogen-bond donors (Lipinski definition) is 1. The van der Waals surface area contributed by atoms with E-state index in [0.29, 0.717) is 10.8 Å². The zero-order chi connectivity index (χ0) is 13.1. The Hall–Kier alpha value is -1.03. The van der Waals surface area contributed by atoms with Gasteiger partial charge >= 0.3 is 0 Å². The lowest BCUT2D eigenvalue weighted by Gasteiger charge is -2.12. The maximum Gasteiger partial charge on any atom is 0.137 e. The average Bonchev–Trinajstić information content (AvgIpc) is 2.86. The van der Waals surface area contributed by atoms with Crippen molar-refractivity contribution in [2.24, 2.45) is 5.73 Å². The lowest BCUT2D eigenvalue weighted by atomic mass is 10.1. The molecule has 2 aromatic rings. The van der Waals surface area contributed by atoms with Gasteiger partial charge in [-0.2, -0.15) is 0 Å². The first-order valence-corrected chi connectivity index (χ1v) is 7.02. The molecule has 0 bridgehead atoms. The number of aryl methyl sites for hydroxylation is 1. The zero-order valence-corrected chi connectivity index (χ0v) is 12.0. The summed E-state index contributed by atoms with van der Waals surface area (Å²) in [6, 6.07) is 9.78. The van der Waals surface area contributed by atoms with Crippen LogP contribution in [0.4, 0.5) is 0 Å². The van der Waals surface area contributed by atoms with Crippen molar-refractivity contribution in [3.05, 3.63) is 50.7 Å². The molecule has 0 radical (unpaired) electrons. The number of ether oxygens (including phenoxy) is 1. The van der Waals surface area contributed by atoms with E-state index < -0.39 is 0 Å². The number of benzene rings is 1. The van der Waals surface area contributed by atoms with E-state index in [-0.39, 0.29) is 6.04 Å². The van der Waals surface area contributed by atoms with Crippen LogP contribution in [0.3, 0.4) is 0 Å². The molecule has 1 aromatic heterocycles. The van der Waals surface area contributed by atoms with Crippen LogP contribution < -0.4 is 10.5 Å². The largest absolute Gasteiger partial charge is 0.495 e. The van der Waals surface area contributed by atoms with Gasteiger partial charge in [0.25, 0.3) is 0 Å². The topological polar surface area (TPSA) is 35.2 Å². The number of rotatable bonds is 4. The standard InChI is InChI=1S/C14H16ClNOS/c1-3-10-5-7-13(18-10)14(16)9-4-6-12(17-2)11(15)8-9/h4-8,14H,3,16H2,1-2H3. The third-order valence-corrected chi connectivity index (χ3v) is 4.48. The highest BCUT2D eigenvalue weighted by atomic mass is 35.5. The van der Waals surface area contributed by atoms with Crippen LogP contribution in [-0.2, 0) is 6.42 Å². The van der Waals surface area contributed by atoms with E-state index in [9.17, 15) is 0 Å². The van der Waals surface area contributed by atoms with E-state index in [1.165, 1.54) is 4.88 Å². The van der Waals surface area contributed by atoms with Gasteiger partial charge in [0, 0.05) is 9.75 Å². The van der Waals surface area contributed by atoms with E-state index in [1.54, 1.807) is 18.4 Å². The summed E-state index contributed by atoms with van der Waals surface area (Å²) in [6.07, 6.45) is 1.04. The molecule has 18 heavy (non-hydrogen) atoms. The zero-order valence-electron chi connectivity index (χ0n) is 10.4. The van der Waals surface area contributed by atoms with E-state index >= 15 is 0 Å². The van der Waals surface area contributed by atoms with Crippen molar-refractivity contribution in [3.63, 3.8) is 0 Å². The second kappa shape index (κ2) is 5.74. The molecule has 0 aliphatic rings. The minimum Gasteiger partial charge on any atom is -0.495 e. The molecule has 0 spiro atoms. The van der Waals surface area contributed by atoms with E-state index in [2.05, 4.69) is 19.1 Å². The first-order chi connectivity index (χ1) is 8.65. The van der Waals surface area contributed by atoms with Crippen molar-refractivity contribution in [2.45, 2.75) is 19.4 Å². The van der Waals surface area contributed by atoms with Gasteiger partial charge in [-0.3, -0.25) is 0 Å². The van der Waals surface area contributed by atoms with Gasteiger partial charge in [0.15, 0.2) is 0 Å². The number of thiophene rings is 1. The minimum absolute atomic E-state index is 0.126. The number of methoxy groups -OCH3 is 1. The van der Waals surface area contributed by atoms with Gasteiger partial charge in [-0.25, -0.2) is 0 Å². The van der Waals surface area contributed by atoms with Crippen molar-refractivity contribution < 1.29 is 4.74 Å². The van der Waals surface area contributed by atoms with Crippen molar-refractivity contribution in [1.29, 1.82) is 0 Å². The van der Waals surface area contributed by atoms with Crippen LogP contribution in [-0.4, -0.2) is 7.11 Å². The average molecular weight is 282 g/mol. The maximum atomic E-state index is 6.26. The molecule has 0 fully saturated rings. The van der Waals surface area contributed by atoms with Gasteiger partial charge in [-0.15, -0.1) is 11.3 Å². The normalized spacial score (nSPS) is 12.4. The summed E-state index contributed by atoms with van der Waals surface area (Å²) < 4.78 is 5.14. The Labute approximate surface area is 116 Å². The van der Waals surface area contributed by atoms with Gasteiger partial charge in [-0.05, 0) is 36.2 Å². The lowest BCUT2D eigenvalue weighted by molar-refractivity contribution is 0.415. The Morgan fingerprint density at radius 3 is 2.67 bits per heavy atom. The predicted molar refractivity (Wildman–Crippen MR) is 77.7 cm³/mol. The summed E-state index contributed by atoms with van der Waals surface area (Å²) >= 11 is 7.87. The van der Waals surface area contributed by atoms with Crippen molar-refractivity contribution in [3.8, 4) is 5.75 Å². The molecule has 1 aromatic carbocycles. The summed E-state index contributed by atoms with van der Waals surface area (Å²) in [6.45, 7) is 2.14. The molecule has 0 amide bonds. The molecule has 1 heterocycles. The number of hydrogen-bond acceptors (Lipinski definition) is 3. The molecule has 0 saturated heterocycles. The highest BCUT2D eigenvalue weighted by Crippen LogP contribution is 2.31. The Morgan fingerprint density at radius 2 is 2.11 bits per heavy atom. The molecule has 2 nitrogen and oxygen atoms in total. The molecule has 4 heteroatoms. The van der Waals surface area contributed by atoms with Gasteiger partial charge in [0.2, 0.25) is 0 Å². The number of halogens is 1. The maximum absolute atomic E-state index is 6.26. The summed E-state index contributed by atoms with van der Waals surface area (Å²) in [4.78, 5) is 2.51. The highest BCUT2D eigenvalue weighted by molar-refractivity contribution is 7.12. The predicted octanol–water partition coefficient (Wildman–Crippen LogP) is 4.02. The second-order valence-electron chi connectivity index (χ2n) is 4.03. The third kappa shape index (κ3) is 2.69. The Balaban J connectivity index is 2.27. The van der Waals surface area contributed by atoms with Crippen LogP contribution in [0, 0.1) is 0 Å². The van der Waals surface area contributed by atoms with Crippen LogP contribution >= 0.6 is 22.9 Å². The van der Waals surface area contributed by atoms with Gasteiger partial charge < -0.3 is 10.5 Å². The molecule has 1 atom stereocenters. The molecule has 0 aliphatic carbocycles. The summed E-state index contributed by atoms with van der Waals surface area (Å²) in [5, 5.41) is 0.595. The summed E-state index contributed by atoms with van der Waals surface area (Å²) in [5.41, 5.74) is 7.26. The van der Waals surface area contributed by atoms with Crippen LogP contribution in [0.5, 0.6) is 5.75 Å².